The molecular weight excluding hydrogens is 438 g/mol. The molecule has 6 nitrogen and oxygen atoms in total. The van der Waals surface area contributed by atoms with E-state index in [0.29, 0.717) is 29.5 Å². The van der Waals surface area contributed by atoms with E-state index in [1.54, 1.807) is 26.0 Å². The van der Waals surface area contributed by atoms with Crippen LogP contribution < -0.4 is 14.8 Å². The number of halogens is 1. The second-order valence-corrected chi connectivity index (χ2v) is 8.60. The number of carbonyl (C=O) groups is 1. The van der Waals surface area contributed by atoms with Gasteiger partial charge in [-0.1, -0.05) is 52.4 Å². The summed E-state index contributed by atoms with van der Waals surface area (Å²) in [6.45, 7) is 2.16. The quantitative estimate of drug-likeness (QED) is 0.313. The minimum atomic E-state index is -0.0899. The van der Waals surface area contributed by atoms with Crippen molar-refractivity contribution in [1.82, 2.24) is 10.2 Å². The summed E-state index contributed by atoms with van der Waals surface area (Å²) >= 11 is 6.60. The molecule has 1 aromatic carbocycles. The number of ether oxygens (including phenoxy) is 2. The maximum absolute atomic E-state index is 12.2. The van der Waals surface area contributed by atoms with Crippen molar-refractivity contribution < 1.29 is 14.3 Å². The summed E-state index contributed by atoms with van der Waals surface area (Å²) in [5.74, 6) is 2.22. The summed E-state index contributed by atoms with van der Waals surface area (Å²) in [7, 11) is 3.18. The van der Waals surface area contributed by atoms with E-state index in [2.05, 4.69) is 38.4 Å². The van der Waals surface area contributed by atoms with E-state index in [-0.39, 0.29) is 5.91 Å². The van der Waals surface area contributed by atoms with Gasteiger partial charge in [0.15, 0.2) is 15.8 Å². The number of amides is 1. The number of carbonyl (C=O) groups excluding carboxylic acids is 1. The lowest BCUT2D eigenvalue weighted by Gasteiger charge is -2.11. The first kappa shape index (κ1) is 21.0. The fourth-order valence-electron chi connectivity index (χ4n) is 2.14. The Labute approximate surface area is 170 Å². The van der Waals surface area contributed by atoms with Crippen molar-refractivity contribution in [3.63, 3.8) is 0 Å². The molecule has 9 heteroatoms. The van der Waals surface area contributed by atoms with E-state index in [4.69, 9.17) is 9.47 Å². The fraction of sp³-hybridized carbons (Fsp3) is 0.471. The lowest BCUT2D eigenvalue weighted by Crippen LogP contribution is -2.12. The number of anilines is 1. The predicted octanol–water partition coefficient (Wildman–Crippen LogP) is 4.78. The summed E-state index contributed by atoms with van der Waals surface area (Å²) in [5, 5.41) is 11.5. The van der Waals surface area contributed by atoms with E-state index in [9.17, 15) is 4.79 Å². The van der Waals surface area contributed by atoms with Crippen molar-refractivity contribution in [1.29, 1.82) is 0 Å². The molecule has 0 aliphatic carbocycles. The molecule has 0 bridgehead atoms. The van der Waals surface area contributed by atoms with Crippen LogP contribution >= 0.6 is 39.0 Å². The SMILES string of the molecule is CCCCSc1nnc(NC(=O)CCc2cc(OC)c(OC)cc2Br)s1. The van der Waals surface area contributed by atoms with E-state index in [0.717, 1.165) is 33.0 Å². The van der Waals surface area contributed by atoms with Crippen LogP contribution in [-0.4, -0.2) is 36.1 Å². The van der Waals surface area contributed by atoms with Gasteiger partial charge in [-0.05, 0) is 30.5 Å². The fourth-order valence-corrected chi connectivity index (χ4v) is 4.58. The molecule has 26 heavy (non-hydrogen) atoms. The molecule has 1 aromatic heterocycles. The number of unbranched alkanes of at least 4 members (excludes halogenated alkanes) is 1. The van der Waals surface area contributed by atoms with Gasteiger partial charge in [0.25, 0.3) is 0 Å². The van der Waals surface area contributed by atoms with Crippen LogP contribution in [0.5, 0.6) is 11.5 Å². The number of thioether (sulfide) groups is 1. The summed E-state index contributed by atoms with van der Waals surface area (Å²) in [6.07, 6.45) is 3.21. The van der Waals surface area contributed by atoms with Crippen molar-refractivity contribution in [2.75, 3.05) is 25.3 Å². The third kappa shape index (κ3) is 6.14. The van der Waals surface area contributed by atoms with Crippen LogP contribution in [0.4, 0.5) is 5.13 Å². The Bertz CT molecular complexity index is 740. The highest BCUT2D eigenvalue weighted by Gasteiger charge is 2.13. The minimum Gasteiger partial charge on any atom is -0.493 e. The van der Waals surface area contributed by atoms with Gasteiger partial charge >= 0.3 is 0 Å². The molecule has 2 aromatic rings. The molecule has 0 fully saturated rings. The second kappa shape index (κ2) is 10.7. The van der Waals surface area contributed by atoms with E-state index in [1.165, 1.54) is 11.3 Å². The van der Waals surface area contributed by atoms with E-state index < -0.39 is 0 Å². The molecule has 0 atom stereocenters. The summed E-state index contributed by atoms with van der Waals surface area (Å²) in [5.41, 5.74) is 0.978. The molecule has 0 aliphatic rings. The first-order chi connectivity index (χ1) is 12.6. The molecule has 0 radical (unpaired) electrons. The Morgan fingerprint density at radius 1 is 1.27 bits per heavy atom. The third-order valence-electron chi connectivity index (χ3n) is 3.55. The number of hydrogen-bond donors (Lipinski definition) is 1. The normalized spacial score (nSPS) is 10.6. The highest BCUT2D eigenvalue weighted by molar-refractivity contribution is 9.10. The molecular formula is C17H22BrN3O3S2. The Kier molecular flexibility index (Phi) is 8.67. The zero-order valence-electron chi connectivity index (χ0n) is 15.0. The lowest BCUT2D eigenvalue weighted by molar-refractivity contribution is -0.116. The molecule has 0 aliphatic heterocycles. The number of hydrogen-bond acceptors (Lipinski definition) is 7. The molecule has 1 heterocycles. The molecule has 0 spiro atoms. The number of benzene rings is 1. The summed E-state index contributed by atoms with van der Waals surface area (Å²) in [4.78, 5) is 12.2. The van der Waals surface area contributed by atoms with Gasteiger partial charge in [0, 0.05) is 16.6 Å². The summed E-state index contributed by atoms with van der Waals surface area (Å²) in [6, 6.07) is 3.72. The molecule has 0 saturated heterocycles. The summed E-state index contributed by atoms with van der Waals surface area (Å²) < 4.78 is 12.3. The van der Waals surface area contributed by atoms with Crippen molar-refractivity contribution in [2.45, 2.75) is 36.9 Å². The van der Waals surface area contributed by atoms with E-state index >= 15 is 0 Å². The van der Waals surface area contributed by atoms with Gasteiger partial charge in [0.05, 0.1) is 14.2 Å². The van der Waals surface area contributed by atoms with Gasteiger partial charge < -0.3 is 14.8 Å². The van der Waals surface area contributed by atoms with Crippen molar-refractivity contribution in [3.8, 4) is 11.5 Å². The van der Waals surface area contributed by atoms with Gasteiger partial charge in [-0.2, -0.15) is 0 Å². The number of aryl methyl sites for hydroxylation is 1. The highest BCUT2D eigenvalue weighted by atomic mass is 79.9. The molecule has 0 saturated carbocycles. The molecule has 1 amide bonds. The number of methoxy groups -OCH3 is 2. The predicted molar refractivity (Wildman–Crippen MR) is 110 cm³/mol. The topological polar surface area (TPSA) is 73.3 Å². The Morgan fingerprint density at radius 3 is 2.69 bits per heavy atom. The first-order valence-electron chi connectivity index (χ1n) is 8.24. The van der Waals surface area contributed by atoms with Crippen LogP contribution in [-0.2, 0) is 11.2 Å². The highest BCUT2D eigenvalue weighted by Crippen LogP contribution is 2.34. The first-order valence-corrected chi connectivity index (χ1v) is 10.8. The van der Waals surface area contributed by atoms with Crippen molar-refractivity contribution in [2.24, 2.45) is 0 Å². The number of aromatic nitrogens is 2. The average Bonchev–Trinajstić information content (AvgIpc) is 3.07. The van der Waals surface area contributed by atoms with Gasteiger partial charge in [-0.25, -0.2) is 0 Å². The number of nitrogens with zero attached hydrogens (tertiary/aromatic N) is 2. The van der Waals surface area contributed by atoms with Crippen molar-refractivity contribution in [3.05, 3.63) is 22.2 Å². The molecule has 142 valence electrons. The van der Waals surface area contributed by atoms with Gasteiger partial charge in [-0.15, -0.1) is 10.2 Å². The lowest BCUT2D eigenvalue weighted by atomic mass is 10.1. The second-order valence-electron chi connectivity index (χ2n) is 5.42. The number of nitrogens with one attached hydrogen (secondary N) is 1. The number of rotatable bonds is 10. The Balaban J connectivity index is 1.89. The minimum absolute atomic E-state index is 0.0899. The zero-order valence-corrected chi connectivity index (χ0v) is 18.2. The van der Waals surface area contributed by atoms with Crippen LogP contribution in [0, 0.1) is 0 Å². The van der Waals surface area contributed by atoms with Crippen LogP contribution in [0.1, 0.15) is 31.7 Å². The Morgan fingerprint density at radius 2 is 2.00 bits per heavy atom. The van der Waals surface area contributed by atoms with Gasteiger partial charge in [-0.3, -0.25) is 4.79 Å². The van der Waals surface area contributed by atoms with E-state index in [1.807, 2.05) is 12.1 Å². The van der Waals surface area contributed by atoms with Crippen LogP contribution in [0.2, 0.25) is 0 Å². The van der Waals surface area contributed by atoms with Crippen LogP contribution in [0.3, 0.4) is 0 Å². The zero-order chi connectivity index (χ0) is 18.9. The van der Waals surface area contributed by atoms with Crippen molar-refractivity contribution >= 4 is 50.1 Å². The average molecular weight is 460 g/mol. The Hall–Kier alpha value is -1.32. The monoisotopic (exact) mass is 459 g/mol. The van der Waals surface area contributed by atoms with Gasteiger partial charge in [0.1, 0.15) is 0 Å². The smallest absolute Gasteiger partial charge is 0.226 e. The van der Waals surface area contributed by atoms with Crippen LogP contribution in [0.25, 0.3) is 0 Å². The maximum Gasteiger partial charge on any atom is 0.226 e. The molecule has 2 rings (SSSR count). The van der Waals surface area contributed by atoms with Crippen LogP contribution in [0.15, 0.2) is 20.9 Å². The molecule has 1 N–H and O–H groups in total. The van der Waals surface area contributed by atoms with Gasteiger partial charge in [0.2, 0.25) is 11.0 Å². The largest absolute Gasteiger partial charge is 0.493 e. The molecule has 0 unspecified atom stereocenters. The standard InChI is InChI=1S/C17H22BrN3O3S2/c1-4-5-8-25-17-21-20-16(26-17)19-15(22)7-6-11-9-13(23-2)14(24-3)10-12(11)18/h9-10H,4-8H2,1-3H3,(H,19,20,22). The third-order valence-corrected chi connectivity index (χ3v) is 6.35. The maximum atomic E-state index is 12.2.